The van der Waals surface area contributed by atoms with Gasteiger partial charge in [0, 0.05) is 24.5 Å². The molecular weight excluding hydrogens is 392 g/mol. The van der Waals surface area contributed by atoms with Gasteiger partial charge in [-0.05, 0) is 44.9 Å². The topological polar surface area (TPSA) is 120 Å². The van der Waals surface area contributed by atoms with Crippen LogP contribution in [0.3, 0.4) is 0 Å². The molecule has 0 saturated carbocycles. The van der Waals surface area contributed by atoms with Crippen molar-refractivity contribution in [2.75, 3.05) is 11.9 Å². The molecule has 29 heavy (non-hydrogen) atoms. The summed E-state index contributed by atoms with van der Waals surface area (Å²) in [5.41, 5.74) is 2.90. The molecule has 0 radical (unpaired) electrons. The SMILES string of the molecule is C/C=C(\CC(Cl)/C=C(\C)O)c1nn(CC#N)cc1-c1ccnc(NCC(C)O)n1. The van der Waals surface area contributed by atoms with E-state index in [0.717, 1.165) is 11.1 Å². The molecule has 2 heterocycles. The van der Waals surface area contributed by atoms with E-state index in [1.165, 1.54) is 0 Å². The second-order valence-corrected chi connectivity index (χ2v) is 7.15. The number of allylic oxidation sites excluding steroid dienone is 4. The molecular formula is C20H25ClN6O2. The van der Waals surface area contributed by atoms with Crippen LogP contribution in [0.1, 0.15) is 32.9 Å². The van der Waals surface area contributed by atoms with Crippen LogP contribution in [0, 0.1) is 11.3 Å². The van der Waals surface area contributed by atoms with Crippen molar-refractivity contribution in [2.45, 2.75) is 45.2 Å². The van der Waals surface area contributed by atoms with E-state index in [1.54, 1.807) is 43.1 Å². The van der Waals surface area contributed by atoms with E-state index in [0.29, 0.717) is 30.3 Å². The average molecular weight is 417 g/mol. The molecule has 8 nitrogen and oxygen atoms in total. The Kier molecular flexibility index (Phi) is 8.19. The molecule has 2 atom stereocenters. The predicted molar refractivity (Wildman–Crippen MR) is 113 cm³/mol. The van der Waals surface area contributed by atoms with Crippen molar-refractivity contribution in [3.8, 4) is 17.3 Å². The van der Waals surface area contributed by atoms with Crippen LogP contribution in [0.4, 0.5) is 5.95 Å². The molecule has 0 spiro atoms. The second kappa shape index (κ2) is 10.6. The van der Waals surface area contributed by atoms with Gasteiger partial charge in [0.05, 0.1) is 34.7 Å². The number of aliphatic hydroxyl groups excluding tert-OH is 2. The van der Waals surface area contributed by atoms with Gasteiger partial charge in [0.15, 0.2) is 0 Å². The summed E-state index contributed by atoms with van der Waals surface area (Å²) in [6.45, 7) is 5.55. The van der Waals surface area contributed by atoms with E-state index in [1.807, 2.05) is 13.0 Å². The zero-order chi connectivity index (χ0) is 21.4. The standard InChI is InChI=1S/C20H25ClN6O2/c1-4-15(10-16(21)9-13(2)28)19-17(12-27(26-19)8-6-22)18-5-7-23-20(25-18)24-11-14(3)29/h4-5,7,9,12,14,16,28-29H,8,10-11H2,1-3H3,(H,23,24,25)/b13-9+,15-4+. The highest BCUT2D eigenvalue weighted by atomic mass is 35.5. The van der Waals surface area contributed by atoms with E-state index >= 15 is 0 Å². The van der Waals surface area contributed by atoms with Crippen LogP contribution in [0.25, 0.3) is 16.8 Å². The molecule has 0 aliphatic heterocycles. The number of hydrogen-bond donors (Lipinski definition) is 3. The van der Waals surface area contributed by atoms with E-state index in [2.05, 4.69) is 26.5 Å². The summed E-state index contributed by atoms with van der Waals surface area (Å²) in [6, 6.07) is 3.84. The molecule has 0 fully saturated rings. The molecule has 0 amide bonds. The fourth-order valence-corrected chi connectivity index (χ4v) is 3.06. The first-order valence-electron chi connectivity index (χ1n) is 9.20. The molecule has 2 aromatic heterocycles. The van der Waals surface area contributed by atoms with Crippen molar-refractivity contribution in [3.63, 3.8) is 0 Å². The number of halogens is 1. The van der Waals surface area contributed by atoms with E-state index < -0.39 is 11.5 Å². The fraction of sp³-hybridized carbons (Fsp3) is 0.400. The Morgan fingerprint density at radius 2 is 2.24 bits per heavy atom. The van der Waals surface area contributed by atoms with Gasteiger partial charge in [0.1, 0.15) is 6.54 Å². The van der Waals surface area contributed by atoms with Crippen LogP contribution in [-0.4, -0.2) is 48.0 Å². The third kappa shape index (κ3) is 6.59. The predicted octanol–water partition coefficient (Wildman–Crippen LogP) is 3.52. The van der Waals surface area contributed by atoms with Gasteiger partial charge < -0.3 is 15.5 Å². The van der Waals surface area contributed by atoms with Gasteiger partial charge in [-0.3, -0.25) is 4.68 Å². The summed E-state index contributed by atoms with van der Waals surface area (Å²) >= 11 is 6.34. The maximum absolute atomic E-state index is 9.47. The summed E-state index contributed by atoms with van der Waals surface area (Å²) in [4.78, 5) is 8.68. The van der Waals surface area contributed by atoms with Crippen molar-refractivity contribution >= 4 is 23.1 Å². The summed E-state index contributed by atoms with van der Waals surface area (Å²) in [6.07, 6.45) is 6.78. The summed E-state index contributed by atoms with van der Waals surface area (Å²) in [5.74, 6) is 0.541. The van der Waals surface area contributed by atoms with Crippen molar-refractivity contribution in [1.82, 2.24) is 19.7 Å². The number of aliphatic hydroxyl groups is 2. The Morgan fingerprint density at radius 1 is 1.48 bits per heavy atom. The molecule has 0 aliphatic rings. The molecule has 9 heteroatoms. The number of nitrogens with zero attached hydrogens (tertiary/aromatic N) is 5. The average Bonchev–Trinajstić information content (AvgIpc) is 3.08. The monoisotopic (exact) mass is 416 g/mol. The van der Waals surface area contributed by atoms with Crippen LogP contribution in [0.2, 0.25) is 0 Å². The minimum Gasteiger partial charge on any atom is -0.513 e. The van der Waals surface area contributed by atoms with E-state index in [9.17, 15) is 10.2 Å². The third-order valence-corrected chi connectivity index (χ3v) is 4.25. The van der Waals surface area contributed by atoms with E-state index in [4.69, 9.17) is 16.9 Å². The Hall–Kier alpha value is -2.89. The molecule has 2 unspecified atom stereocenters. The van der Waals surface area contributed by atoms with Crippen molar-refractivity contribution in [2.24, 2.45) is 0 Å². The first-order chi connectivity index (χ1) is 13.8. The lowest BCUT2D eigenvalue weighted by Gasteiger charge is -2.11. The molecule has 2 rings (SSSR count). The Bertz CT molecular complexity index is 925. The molecule has 154 valence electrons. The van der Waals surface area contributed by atoms with Crippen molar-refractivity contribution < 1.29 is 10.2 Å². The number of nitrogens with one attached hydrogen (secondary N) is 1. The number of rotatable bonds is 9. The van der Waals surface area contributed by atoms with Gasteiger partial charge in [-0.15, -0.1) is 11.6 Å². The van der Waals surface area contributed by atoms with Gasteiger partial charge in [-0.1, -0.05) is 6.08 Å². The number of alkyl halides is 1. The quantitative estimate of drug-likeness (QED) is 0.422. The molecule has 0 saturated heterocycles. The van der Waals surface area contributed by atoms with E-state index in [-0.39, 0.29) is 12.3 Å². The number of aromatic nitrogens is 4. The Morgan fingerprint density at radius 3 is 2.86 bits per heavy atom. The van der Waals surface area contributed by atoms with Crippen LogP contribution in [0.5, 0.6) is 0 Å². The molecule has 3 N–H and O–H groups in total. The molecule has 0 aromatic carbocycles. The smallest absolute Gasteiger partial charge is 0.223 e. The Balaban J connectivity index is 2.43. The van der Waals surface area contributed by atoms with Gasteiger partial charge in [0.2, 0.25) is 5.95 Å². The highest BCUT2D eigenvalue weighted by Gasteiger charge is 2.18. The lowest BCUT2D eigenvalue weighted by molar-refractivity contribution is 0.208. The maximum Gasteiger partial charge on any atom is 0.223 e. The van der Waals surface area contributed by atoms with Gasteiger partial charge in [-0.25, -0.2) is 9.97 Å². The molecule has 0 bridgehead atoms. The lowest BCUT2D eigenvalue weighted by atomic mass is 10.0. The molecule has 2 aromatic rings. The first kappa shape index (κ1) is 22.4. The second-order valence-electron chi connectivity index (χ2n) is 6.58. The summed E-state index contributed by atoms with van der Waals surface area (Å²) in [5, 5.41) is 35.1. The van der Waals surface area contributed by atoms with Gasteiger partial charge in [0.25, 0.3) is 0 Å². The first-order valence-corrected chi connectivity index (χ1v) is 9.64. The van der Waals surface area contributed by atoms with Gasteiger partial charge >= 0.3 is 0 Å². The number of anilines is 1. The Labute approximate surface area is 175 Å². The minimum atomic E-state index is -0.533. The maximum atomic E-state index is 9.47. The summed E-state index contributed by atoms with van der Waals surface area (Å²) in [7, 11) is 0. The third-order valence-electron chi connectivity index (χ3n) is 3.97. The minimum absolute atomic E-state index is 0.0994. The lowest BCUT2D eigenvalue weighted by Crippen LogP contribution is -2.16. The van der Waals surface area contributed by atoms with Crippen LogP contribution < -0.4 is 5.32 Å². The molecule has 0 aliphatic carbocycles. The fourth-order valence-electron chi connectivity index (χ4n) is 2.71. The number of hydrogen-bond acceptors (Lipinski definition) is 7. The summed E-state index contributed by atoms with van der Waals surface area (Å²) < 4.78 is 1.55. The van der Waals surface area contributed by atoms with Crippen molar-refractivity contribution in [3.05, 3.63) is 42.1 Å². The van der Waals surface area contributed by atoms with Crippen molar-refractivity contribution in [1.29, 1.82) is 5.26 Å². The largest absolute Gasteiger partial charge is 0.513 e. The highest BCUT2D eigenvalue weighted by molar-refractivity contribution is 6.22. The normalized spacial score (nSPS) is 14.3. The van der Waals surface area contributed by atoms with Gasteiger partial charge in [-0.2, -0.15) is 10.4 Å². The van der Waals surface area contributed by atoms with Crippen LogP contribution in [0.15, 0.2) is 36.4 Å². The van der Waals surface area contributed by atoms with Crippen LogP contribution >= 0.6 is 11.6 Å². The van der Waals surface area contributed by atoms with Crippen LogP contribution in [-0.2, 0) is 6.54 Å². The highest BCUT2D eigenvalue weighted by Crippen LogP contribution is 2.31. The zero-order valence-corrected chi connectivity index (χ0v) is 17.4. The zero-order valence-electron chi connectivity index (χ0n) is 16.7. The number of nitriles is 1.